The highest BCUT2D eigenvalue weighted by molar-refractivity contribution is 6.00. The van der Waals surface area contributed by atoms with E-state index in [1.807, 2.05) is 39.0 Å². The molecule has 1 saturated heterocycles. The fraction of sp³-hybridized carbons (Fsp3) is 0.483. The molecule has 0 aromatic carbocycles. The number of fused-ring (bicyclic) bond motifs is 1. The number of carbonyl (C=O) groups is 2. The number of aromatic nitrogens is 3. The maximum atomic E-state index is 13.3. The van der Waals surface area contributed by atoms with Gasteiger partial charge in [-0.3, -0.25) is 14.6 Å². The Hall–Kier alpha value is -3.77. The molecule has 0 bridgehead atoms. The molecule has 0 atom stereocenters. The zero-order valence-electron chi connectivity index (χ0n) is 22.2. The largest absolute Gasteiger partial charge is 0.382 e. The molecule has 2 fully saturated rings. The molecule has 3 aromatic rings. The Morgan fingerprint density at radius 3 is 2.61 bits per heavy atom. The van der Waals surface area contributed by atoms with Gasteiger partial charge in [-0.15, -0.1) is 0 Å². The maximum Gasteiger partial charge on any atom is 0.255 e. The summed E-state index contributed by atoms with van der Waals surface area (Å²) in [7, 11) is 0. The molecule has 0 unspecified atom stereocenters. The highest BCUT2D eigenvalue weighted by Gasteiger charge is 2.41. The van der Waals surface area contributed by atoms with Crippen LogP contribution >= 0.6 is 0 Å². The van der Waals surface area contributed by atoms with E-state index in [2.05, 4.69) is 26.8 Å². The first-order valence-corrected chi connectivity index (χ1v) is 13.3. The smallest absolute Gasteiger partial charge is 0.255 e. The number of hydrogen-bond donors (Lipinski definition) is 2. The van der Waals surface area contributed by atoms with Crippen LogP contribution in [0.4, 0.5) is 5.69 Å². The second kappa shape index (κ2) is 10.5. The summed E-state index contributed by atoms with van der Waals surface area (Å²) in [5.41, 5.74) is 3.66. The zero-order valence-corrected chi connectivity index (χ0v) is 22.2. The molecule has 0 spiro atoms. The van der Waals surface area contributed by atoms with Gasteiger partial charge >= 0.3 is 0 Å². The van der Waals surface area contributed by atoms with E-state index in [-0.39, 0.29) is 23.4 Å². The lowest BCUT2D eigenvalue weighted by atomic mass is 9.76. The van der Waals surface area contributed by atoms with Gasteiger partial charge in [0.15, 0.2) is 0 Å². The number of nitrogens with zero attached hydrogens (tertiary/aromatic N) is 4. The summed E-state index contributed by atoms with van der Waals surface area (Å²) >= 11 is 0. The molecule has 9 nitrogen and oxygen atoms in total. The fourth-order valence-electron chi connectivity index (χ4n) is 5.31. The van der Waals surface area contributed by atoms with Crippen molar-refractivity contribution in [2.75, 3.05) is 18.5 Å². The quantitative estimate of drug-likeness (QED) is 0.458. The SMILES string of the molecule is CC(C)Nc1cc(-c2ccc3cc(C#N)cnn23)ncc1C(=O)NC1CCC(CC(=O)C2(C)COC2)CC1. The molecular weight excluding hydrogens is 480 g/mol. The number of nitrogens with one attached hydrogen (secondary N) is 2. The Bertz CT molecular complexity index is 1390. The number of hydrogen-bond acceptors (Lipinski definition) is 7. The van der Waals surface area contributed by atoms with Crippen LogP contribution in [-0.2, 0) is 9.53 Å². The van der Waals surface area contributed by atoms with Gasteiger partial charge in [-0.05, 0) is 76.6 Å². The molecule has 0 radical (unpaired) electrons. The van der Waals surface area contributed by atoms with E-state index in [0.717, 1.165) is 36.9 Å². The summed E-state index contributed by atoms with van der Waals surface area (Å²) in [5, 5.41) is 20.1. The summed E-state index contributed by atoms with van der Waals surface area (Å²) in [6.07, 6.45) is 7.34. The minimum atomic E-state index is -0.299. The van der Waals surface area contributed by atoms with Crippen molar-refractivity contribution in [3.63, 3.8) is 0 Å². The van der Waals surface area contributed by atoms with E-state index in [1.165, 1.54) is 6.20 Å². The average Bonchev–Trinajstić information content (AvgIpc) is 3.31. The van der Waals surface area contributed by atoms with Gasteiger partial charge in [0.2, 0.25) is 0 Å². The Morgan fingerprint density at radius 1 is 1.18 bits per heavy atom. The van der Waals surface area contributed by atoms with Crippen LogP contribution in [0, 0.1) is 22.7 Å². The molecule has 1 amide bonds. The topological polar surface area (TPSA) is 121 Å². The minimum Gasteiger partial charge on any atom is -0.382 e. The van der Waals surface area contributed by atoms with Crippen molar-refractivity contribution in [1.82, 2.24) is 19.9 Å². The summed E-state index contributed by atoms with van der Waals surface area (Å²) in [5.74, 6) is 0.535. The third kappa shape index (κ3) is 5.27. The molecule has 1 aliphatic carbocycles. The van der Waals surface area contributed by atoms with Gasteiger partial charge < -0.3 is 15.4 Å². The van der Waals surface area contributed by atoms with Crippen LogP contribution in [0.5, 0.6) is 0 Å². The van der Waals surface area contributed by atoms with Crippen molar-refractivity contribution in [1.29, 1.82) is 5.26 Å². The number of amides is 1. The normalized spacial score (nSPS) is 20.5. The van der Waals surface area contributed by atoms with Gasteiger partial charge in [0.1, 0.15) is 11.9 Å². The van der Waals surface area contributed by atoms with E-state index < -0.39 is 0 Å². The Balaban J connectivity index is 1.27. The van der Waals surface area contributed by atoms with Crippen molar-refractivity contribution in [2.45, 2.75) is 65.0 Å². The predicted octanol–water partition coefficient (Wildman–Crippen LogP) is 4.37. The van der Waals surface area contributed by atoms with Gasteiger partial charge in [0.05, 0.1) is 58.5 Å². The average molecular weight is 515 g/mol. The lowest BCUT2D eigenvalue weighted by molar-refractivity contribution is -0.156. The van der Waals surface area contributed by atoms with Gasteiger partial charge in [-0.1, -0.05) is 0 Å². The Kier molecular flexibility index (Phi) is 7.17. The van der Waals surface area contributed by atoms with Gasteiger partial charge in [-0.25, -0.2) is 4.52 Å². The van der Waals surface area contributed by atoms with E-state index in [4.69, 9.17) is 10.00 Å². The predicted molar refractivity (Wildman–Crippen MR) is 144 cm³/mol. The van der Waals surface area contributed by atoms with Crippen LogP contribution in [-0.4, -0.2) is 51.6 Å². The summed E-state index contributed by atoms with van der Waals surface area (Å²) in [6, 6.07) is 9.76. The second-order valence-electron chi connectivity index (χ2n) is 11.2. The minimum absolute atomic E-state index is 0.0798. The number of Topliss-reactive ketones (excluding diaryl/α,β-unsaturated/α-hetero) is 1. The number of pyridine rings is 1. The summed E-state index contributed by atoms with van der Waals surface area (Å²) < 4.78 is 6.99. The lowest BCUT2D eigenvalue weighted by Gasteiger charge is -2.38. The molecule has 1 saturated carbocycles. The summed E-state index contributed by atoms with van der Waals surface area (Å²) in [4.78, 5) is 30.5. The monoisotopic (exact) mass is 514 g/mol. The number of carbonyl (C=O) groups excluding carboxylic acids is 2. The van der Waals surface area contributed by atoms with Crippen LogP contribution in [0.15, 0.2) is 36.7 Å². The Morgan fingerprint density at radius 2 is 1.95 bits per heavy atom. The van der Waals surface area contributed by atoms with E-state index in [0.29, 0.717) is 53.8 Å². The number of nitriles is 1. The molecule has 38 heavy (non-hydrogen) atoms. The number of ether oxygens (including phenoxy) is 1. The molecular formula is C29H34N6O3. The highest BCUT2D eigenvalue weighted by Crippen LogP contribution is 2.34. The molecule has 9 heteroatoms. The van der Waals surface area contributed by atoms with E-state index >= 15 is 0 Å². The third-order valence-corrected chi connectivity index (χ3v) is 7.66. The zero-order chi connectivity index (χ0) is 26.9. The first-order valence-electron chi connectivity index (χ1n) is 13.3. The van der Waals surface area contributed by atoms with Crippen LogP contribution < -0.4 is 10.6 Å². The number of rotatable bonds is 8. The molecule has 5 rings (SSSR count). The molecule has 4 heterocycles. The first-order chi connectivity index (χ1) is 18.3. The highest BCUT2D eigenvalue weighted by atomic mass is 16.5. The molecule has 3 aromatic heterocycles. The number of anilines is 1. The van der Waals surface area contributed by atoms with Crippen molar-refractivity contribution in [2.24, 2.45) is 11.3 Å². The Labute approximate surface area is 222 Å². The van der Waals surface area contributed by atoms with Crippen molar-refractivity contribution < 1.29 is 14.3 Å². The fourth-order valence-corrected chi connectivity index (χ4v) is 5.31. The molecule has 2 aliphatic rings. The third-order valence-electron chi connectivity index (χ3n) is 7.66. The van der Waals surface area contributed by atoms with Gasteiger partial charge in [-0.2, -0.15) is 10.4 Å². The van der Waals surface area contributed by atoms with Crippen molar-refractivity contribution >= 4 is 22.9 Å². The van der Waals surface area contributed by atoms with Crippen molar-refractivity contribution in [3.05, 3.63) is 47.8 Å². The van der Waals surface area contributed by atoms with Crippen LogP contribution in [0.25, 0.3) is 16.9 Å². The molecule has 198 valence electrons. The van der Waals surface area contributed by atoms with E-state index in [9.17, 15) is 9.59 Å². The van der Waals surface area contributed by atoms with Gasteiger partial charge in [0, 0.05) is 24.7 Å². The van der Waals surface area contributed by atoms with E-state index in [1.54, 1.807) is 16.8 Å². The van der Waals surface area contributed by atoms with Gasteiger partial charge in [0.25, 0.3) is 5.91 Å². The number of ketones is 1. The molecule has 2 N–H and O–H groups in total. The first kappa shape index (κ1) is 25.9. The van der Waals surface area contributed by atoms with Crippen LogP contribution in [0.1, 0.15) is 68.8 Å². The lowest BCUT2D eigenvalue weighted by Crippen LogP contribution is -2.47. The summed E-state index contributed by atoms with van der Waals surface area (Å²) in [6.45, 7) is 7.12. The van der Waals surface area contributed by atoms with Crippen LogP contribution in [0.2, 0.25) is 0 Å². The molecule has 1 aliphatic heterocycles. The van der Waals surface area contributed by atoms with Crippen LogP contribution in [0.3, 0.4) is 0 Å². The standard InChI is InChI=1S/C29H34N6O3/c1-18(2)33-24-12-25(26-9-8-22-10-20(13-30)14-32-35(22)26)31-15-23(24)28(37)34-21-6-4-19(5-7-21)11-27(36)29(3)16-38-17-29/h8-10,12,14-15,18-19,21H,4-7,11,16-17H2,1-3H3,(H,31,33)(H,34,37). The second-order valence-corrected chi connectivity index (χ2v) is 11.2. The maximum absolute atomic E-state index is 13.3. The van der Waals surface area contributed by atoms with Crippen molar-refractivity contribution in [3.8, 4) is 17.5 Å².